The number of hydrazone groups is 1. The molecule has 32 heavy (non-hydrogen) atoms. The molecule has 0 saturated heterocycles. The standard InChI is InChI=1S/C24H15N5O3/c25-14-17-13-24(18-8-2-4-10-20(18)27-21-11-5-3-9-19(21)24)28(23(17)30)26-15-16-7-1-6-12-22(16)29(31)32/h1-13,15,27H/b26-15-. The Hall–Kier alpha value is -4.77. The Balaban J connectivity index is 1.75. The van der Waals surface area contributed by atoms with E-state index in [1.165, 1.54) is 17.3 Å². The summed E-state index contributed by atoms with van der Waals surface area (Å²) in [5.74, 6) is -0.575. The lowest BCUT2D eigenvalue weighted by molar-refractivity contribution is -0.385. The van der Waals surface area contributed by atoms with Crippen LogP contribution in [0.15, 0.2) is 89.5 Å². The van der Waals surface area contributed by atoms with E-state index >= 15 is 0 Å². The van der Waals surface area contributed by atoms with Crippen LogP contribution in [0.3, 0.4) is 0 Å². The van der Waals surface area contributed by atoms with Crippen LogP contribution in [0.1, 0.15) is 16.7 Å². The van der Waals surface area contributed by atoms with Crippen LogP contribution in [-0.2, 0) is 10.3 Å². The molecule has 0 bridgehead atoms. The molecule has 3 aromatic carbocycles. The van der Waals surface area contributed by atoms with E-state index in [-0.39, 0.29) is 16.8 Å². The van der Waals surface area contributed by atoms with Crippen LogP contribution < -0.4 is 5.32 Å². The van der Waals surface area contributed by atoms with Crippen LogP contribution in [0.2, 0.25) is 0 Å². The smallest absolute Gasteiger partial charge is 0.285 e. The number of rotatable bonds is 3. The monoisotopic (exact) mass is 421 g/mol. The molecule has 0 fully saturated rings. The molecule has 1 amide bonds. The van der Waals surface area contributed by atoms with Crippen molar-refractivity contribution in [1.29, 1.82) is 5.26 Å². The van der Waals surface area contributed by atoms with Gasteiger partial charge >= 0.3 is 0 Å². The second kappa shape index (κ2) is 7.18. The Morgan fingerprint density at radius 3 is 2.22 bits per heavy atom. The first kappa shape index (κ1) is 19.2. The molecule has 5 rings (SSSR count). The molecular formula is C24H15N5O3. The Labute approximate surface area is 182 Å². The minimum Gasteiger partial charge on any atom is -0.355 e. The van der Waals surface area contributed by atoms with Gasteiger partial charge in [0.2, 0.25) is 0 Å². The fourth-order valence-electron chi connectivity index (χ4n) is 4.24. The number of nitrogens with zero attached hydrogens (tertiary/aromatic N) is 4. The Kier molecular flexibility index (Phi) is 4.31. The third-order valence-electron chi connectivity index (χ3n) is 5.62. The number of amides is 1. The Bertz CT molecular complexity index is 1340. The third kappa shape index (κ3) is 2.69. The maximum atomic E-state index is 13.2. The Morgan fingerprint density at radius 2 is 1.59 bits per heavy atom. The van der Waals surface area contributed by atoms with Gasteiger partial charge in [-0.3, -0.25) is 14.9 Å². The minimum atomic E-state index is -1.17. The minimum absolute atomic E-state index is 0.0452. The van der Waals surface area contributed by atoms with Gasteiger partial charge in [-0.15, -0.1) is 0 Å². The highest BCUT2D eigenvalue weighted by Crippen LogP contribution is 2.52. The van der Waals surface area contributed by atoms with E-state index < -0.39 is 16.4 Å². The number of para-hydroxylation sites is 3. The van der Waals surface area contributed by atoms with Gasteiger partial charge in [0.05, 0.1) is 16.7 Å². The number of anilines is 2. The van der Waals surface area contributed by atoms with E-state index in [9.17, 15) is 20.2 Å². The van der Waals surface area contributed by atoms with Gasteiger partial charge in [0.15, 0.2) is 0 Å². The first-order valence-electron chi connectivity index (χ1n) is 9.77. The molecule has 0 aliphatic carbocycles. The van der Waals surface area contributed by atoms with Gasteiger partial charge in [-0.2, -0.15) is 10.4 Å². The topological polar surface area (TPSA) is 112 Å². The highest BCUT2D eigenvalue weighted by atomic mass is 16.6. The summed E-state index contributed by atoms with van der Waals surface area (Å²) in [6.45, 7) is 0. The quantitative estimate of drug-likeness (QED) is 0.387. The van der Waals surface area contributed by atoms with Crippen LogP contribution in [0.5, 0.6) is 0 Å². The Morgan fingerprint density at radius 1 is 1.00 bits per heavy atom. The van der Waals surface area contributed by atoms with Crippen molar-refractivity contribution in [2.45, 2.75) is 5.54 Å². The molecule has 8 heteroatoms. The normalized spacial score (nSPS) is 15.7. The van der Waals surface area contributed by atoms with Crippen LogP contribution in [-0.4, -0.2) is 22.1 Å². The fraction of sp³-hybridized carbons (Fsp3) is 0.0417. The number of hydrogen-bond acceptors (Lipinski definition) is 6. The van der Waals surface area contributed by atoms with Gasteiger partial charge < -0.3 is 5.32 Å². The maximum Gasteiger partial charge on any atom is 0.285 e. The molecule has 1 N–H and O–H groups in total. The molecule has 8 nitrogen and oxygen atoms in total. The number of nitriles is 1. The zero-order chi connectivity index (χ0) is 22.3. The number of benzene rings is 3. The first-order valence-corrected chi connectivity index (χ1v) is 9.77. The number of nitrogens with one attached hydrogen (secondary N) is 1. The molecule has 0 unspecified atom stereocenters. The lowest BCUT2D eigenvalue weighted by Crippen LogP contribution is -2.44. The second-order valence-electron chi connectivity index (χ2n) is 7.33. The third-order valence-corrected chi connectivity index (χ3v) is 5.62. The average Bonchev–Trinajstić information content (AvgIpc) is 3.10. The van der Waals surface area contributed by atoms with Crippen LogP contribution in [0, 0.1) is 21.4 Å². The number of carbonyl (C=O) groups is 1. The zero-order valence-electron chi connectivity index (χ0n) is 16.6. The van der Waals surface area contributed by atoms with Gasteiger partial charge in [0, 0.05) is 28.6 Å². The van der Waals surface area contributed by atoms with Gasteiger partial charge in [-0.1, -0.05) is 48.5 Å². The van der Waals surface area contributed by atoms with Gasteiger partial charge in [0.25, 0.3) is 11.6 Å². The number of nitro benzene ring substituents is 1. The van der Waals surface area contributed by atoms with E-state index in [1.807, 2.05) is 54.6 Å². The average molecular weight is 421 g/mol. The highest BCUT2D eigenvalue weighted by molar-refractivity contribution is 6.03. The zero-order valence-corrected chi connectivity index (χ0v) is 16.6. The van der Waals surface area contributed by atoms with Gasteiger partial charge in [0.1, 0.15) is 17.2 Å². The van der Waals surface area contributed by atoms with Gasteiger partial charge in [-0.05, 0) is 24.3 Å². The van der Waals surface area contributed by atoms with E-state index in [0.717, 1.165) is 22.5 Å². The molecule has 0 aromatic heterocycles. The van der Waals surface area contributed by atoms with Crippen molar-refractivity contribution in [2.24, 2.45) is 5.10 Å². The predicted octanol–water partition coefficient (Wildman–Crippen LogP) is 4.22. The fourth-order valence-corrected chi connectivity index (χ4v) is 4.24. The van der Waals surface area contributed by atoms with E-state index in [4.69, 9.17) is 0 Å². The molecule has 2 aliphatic rings. The van der Waals surface area contributed by atoms with Crippen molar-refractivity contribution in [3.63, 3.8) is 0 Å². The van der Waals surface area contributed by atoms with Crippen LogP contribution in [0.4, 0.5) is 17.1 Å². The van der Waals surface area contributed by atoms with Crippen molar-refractivity contribution in [2.75, 3.05) is 5.32 Å². The number of hydrogen-bond donors (Lipinski definition) is 1. The first-order chi connectivity index (χ1) is 15.6. The summed E-state index contributed by atoms with van der Waals surface area (Å²) in [5.41, 5.74) is 1.96. The maximum absolute atomic E-state index is 13.2. The highest BCUT2D eigenvalue weighted by Gasteiger charge is 2.52. The summed E-state index contributed by atoms with van der Waals surface area (Å²) in [6, 6.07) is 23.1. The van der Waals surface area contributed by atoms with Crippen molar-refractivity contribution in [1.82, 2.24) is 5.01 Å². The lowest BCUT2D eigenvalue weighted by atomic mass is 9.78. The molecule has 0 atom stereocenters. The molecule has 3 aromatic rings. The van der Waals surface area contributed by atoms with E-state index in [2.05, 4.69) is 10.4 Å². The van der Waals surface area contributed by atoms with Crippen molar-refractivity contribution >= 4 is 29.2 Å². The molecule has 0 radical (unpaired) electrons. The largest absolute Gasteiger partial charge is 0.355 e. The van der Waals surface area contributed by atoms with E-state index in [0.29, 0.717) is 0 Å². The van der Waals surface area contributed by atoms with Crippen molar-refractivity contribution in [3.05, 3.63) is 111 Å². The molecule has 1 spiro atoms. The van der Waals surface area contributed by atoms with Gasteiger partial charge in [-0.25, -0.2) is 5.01 Å². The SMILES string of the molecule is N#CC1=CC2(c3ccccc3Nc3ccccc32)N(/N=C\c2ccccc2[N+](=O)[O-])C1=O. The van der Waals surface area contributed by atoms with Crippen LogP contribution in [0.25, 0.3) is 0 Å². The summed E-state index contributed by atoms with van der Waals surface area (Å²) in [5, 5.41) is 30.1. The molecular weight excluding hydrogens is 406 g/mol. The molecule has 2 heterocycles. The summed E-state index contributed by atoms with van der Waals surface area (Å²) < 4.78 is 0. The van der Waals surface area contributed by atoms with Crippen molar-refractivity contribution < 1.29 is 9.72 Å². The second-order valence-corrected chi connectivity index (χ2v) is 7.33. The summed E-state index contributed by atoms with van der Waals surface area (Å²) >= 11 is 0. The molecule has 154 valence electrons. The lowest BCUT2D eigenvalue weighted by Gasteiger charge is -2.41. The van der Waals surface area contributed by atoms with E-state index in [1.54, 1.807) is 24.3 Å². The predicted molar refractivity (Wildman–Crippen MR) is 118 cm³/mol. The van der Waals surface area contributed by atoms with Crippen molar-refractivity contribution in [3.8, 4) is 6.07 Å². The summed E-state index contributed by atoms with van der Waals surface area (Å²) in [4.78, 5) is 24.1. The number of fused-ring (bicyclic) bond motifs is 4. The summed E-state index contributed by atoms with van der Waals surface area (Å²) in [6.07, 6.45) is 2.91. The molecule has 0 saturated carbocycles. The number of nitro groups is 1. The molecule has 2 aliphatic heterocycles. The number of carbonyl (C=O) groups excluding carboxylic acids is 1. The summed E-state index contributed by atoms with van der Waals surface area (Å²) in [7, 11) is 0. The van der Waals surface area contributed by atoms with Crippen LogP contribution >= 0.6 is 0 Å².